The van der Waals surface area contributed by atoms with Crippen LogP contribution in [-0.2, 0) is 9.59 Å². The van der Waals surface area contributed by atoms with Crippen molar-refractivity contribution < 1.29 is 19.5 Å². The van der Waals surface area contributed by atoms with Gasteiger partial charge in [0.2, 0.25) is 5.91 Å². The molecule has 0 saturated heterocycles. The predicted molar refractivity (Wildman–Crippen MR) is 66.2 cm³/mol. The summed E-state index contributed by atoms with van der Waals surface area (Å²) in [6, 6.07) is -0.453. The van der Waals surface area contributed by atoms with Gasteiger partial charge in [0.05, 0.1) is 0 Å². The number of carboxylic acid groups (broad SMARTS) is 1. The molecule has 0 aromatic heterocycles. The number of nitrogens with one attached hydrogen (secondary N) is 1. The zero-order valence-electron chi connectivity index (χ0n) is 11.1. The fourth-order valence-corrected chi connectivity index (χ4v) is 1.30. The fraction of sp³-hybridized carbons (Fsp3) is 0.727. The van der Waals surface area contributed by atoms with Gasteiger partial charge >= 0.3 is 12.0 Å². The van der Waals surface area contributed by atoms with Gasteiger partial charge in [-0.3, -0.25) is 9.59 Å². The van der Waals surface area contributed by atoms with Gasteiger partial charge in [-0.2, -0.15) is 0 Å². The minimum atomic E-state index is -1.05. The Bertz CT molecular complexity index is 305. The molecule has 0 atom stereocenters. The summed E-state index contributed by atoms with van der Waals surface area (Å²) in [6.45, 7) is 2.11. The molecule has 0 aliphatic rings. The van der Waals surface area contributed by atoms with E-state index in [4.69, 9.17) is 5.11 Å². The average molecular weight is 259 g/mol. The molecule has 0 aliphatic heterocycles. The third kappa shape index (κ3) is 6.72. The molecule has 2 N–H and O–H groups in total. The normalized spacial score (nSPS) is 9.72. The van der Waals surface area contributed by atoms with Gasteiger partial charge < -0.3 is 20.2 Å². The van der Waals surface area contributed by atoms with E-state index in [9.17, 15) is 14.4 Å². The largest absolute Gasteiger partial charge is 0.480 e. The van der Waals surface area contributed by atoms with Crippen LogP contribution in [0.3, 0.4) is 0 Å². The van der Waals surface area contributed by atoms with E-state index in [1.54, 1.807) is 14.1 Å². The van der Waals surface area contributed by atoms with Gasteiger partial charge in [0.25, 0.3) is 0 Å². The number of carboxylic acids is 1. The zero-order valence-corrected chi connectivity index (χ0v) is 11.1. The predicted octanol–water partition coefficient (Wildman–Crippen LogP) is -0.0291. The molecule has 0 bridgehead atoms. The number of carbonyl (C=O) groups is 3. The summed E-state index contributed by atoms with van der Waals surface area (Å²) in [5, 5.41) is 11.2. The summed E-state index contributed by atoms with van der Waals surface area (Å²) in [5.74, 6) is -1.14. The van der Waals surface area contributed by atoms with Crippen LogP contribution in [0.2, 0.25) is 0 Å². The van der Waals surface area contributed by atoms with Gasteiger partial charge in [-0.1, -0.05) is 6.92 Å². The minimum Gasteiger partial charge on any atom is -0.480 e. The Morgan fingerprint density at radius 1 is 1.22 bits per heavy atom. The molecule has 3 amide bonds. The van der Waals surface area contributed by atoms with Gasteiger partial charge in [0, 0.05) is 33.6 Å². The lowest BCUT2D eigenvalue weighted by molar-refractivity contribution is -0.137. The smallest absolute Gasteiger partial charge is 0.323 e. The molecule has 0 spiro atoms. The van der Waals surface area contributed by atoms with E-state index < -0.39 is 12.0 Å². The maximum absolute atomic E-state index is 11.6. The number of aliphatic carboxylic acids is 1. The Balaban J connectivity index is 4.10. The molecule has 0 aromatic carbocycles. The van der Waals surface area contributed by atoms with E-state index in [1.807, 2.05) is 6.92 Å². The van der Waals surface area contributed by atoms with Crippen LogP contribution in [0, 0.1) is 0 Å². The number of hydrogen-bond donors (Lipinski definition) is 2. The lowest BCUT2D eigenvalue weighted by atomic mass is 10.3. The Morgan fingerprint density at radius 2 is 1.83 bits per heavy atom. The number of nitrogens with zero attached hydrogens (tertiary/aromatic N) is 2. The van der Waals surface area contributed by atoms with Crippen LogP contribution < -0.4 is 5.32 Å². The fourth-order valence-electron chi connectivity index (χ4n) is 1.30. The number of urea groups is 1. The quantitative estimate of drug-likeness (QED) is 0.672. The van der Waals surface area contributed by atoms with Crippen molar-refractivity contribution in [2.45, 2.75) is 19.8 Å². The molecule has 0 saturated carbocycles. The molecular formula is C11H21N3O4. The minimum absolute atomic E-state index is 0.0874. The Morgan fingerprint density at radius 3 is 2.28 bits per heavy atom. The first-order chi connectivity index (χ1) is 8.38. The van der Waals surface area contributed by atoms with Crippen molar-refractivity contribution in [3.05, 3.63) is 0 Å². The molecule has 0 rings (SSSR count). The number of amides is 3. The molecule has 0 aromatic rings. The summed E-state index contributed by atoms with van der Waals surface area (Å²) in [5.41, 5.74) is 0. The monoisotopic (exact) mass is 259 g/mol. The molecule has 7 heteroatoms. The van der Waals surface area contributed by atoms with Crippen molar-refractivity contribution >= 4 is 17.9 Å². The van der Waals surface area contributed by atoms with E-state index in [0.717, 1.165) is 0 Å². The highest BCUT2D eigenvalue weighted by Gasteiger charge is 2.15. The van der Waals surface area contributed by atoms with Crippen LogP contribution >= 0.6 is 0 Å². The van der Waals surface area contributed by atoms with Crippen LogP contribution in [0.4, 0.5) is 4.79 Å². The van der Waals surface area contributed by atoms with Crippen molar-refractivity contribution in [3.63, 3.8) is 0 Å². The molecule has 104 valence electrons. The molecule has 7 nitrogen and oxygen atoms in total. The van der Waals surface area contributed by atoms with Crippen LogP contribution in [-0.4, -0.2) is 66.5 Å². The van der Waals surface area contributed by atoms with Crippen molar-refractivity contribution in [1.82, 2.24) is 15.1 Å². The summed E-state index contributed by atoms with van der Waals surface area (Å²) in [6.07, 6.45) is 0.878. The number of hydrogen-bond acceptors (Lipinski definition) is 3. The van der Waals surface area contributed by atoms with Crippen molar-refractivity contribution in [2.24, 2.45) is 0 Å². The standard InChI is InChI=1S/C11H21N3O4/c1-4-7-14(8-10(16)17)11(18)12-6-5-9(15)13(2)3/h4-8H2,1-3H3,(H,12,18)(H,16,17). The second-order valence-electron chi connectivity index (χ2n) is 4.09. The first-order valence-corrected chi connectivity index (χ1v) is 5.83. The maximum Gasteiger partial charge on any atom is 0.323 e. The SMILES string of the molecule is CCCN(CC(=O)O)C(=O)NCCC(=O)N(C)C. The topological polar surface area (TPSA) is 90.0 Å². The second kappa shape index (κ2) is 8.32. The molecule has 0 heterocycles. The van der Waals surface area contributed by atoms with Crippen LogP contribution in [0.25, 0.3) is 0 Å². The highest BCUT2D eigenvalue weighted by atomic mass is 16.4. The first kappa shape index (κ1) is 16.2. The average Bonchev–Trinajstić information content (AvgIpc) is 2.27. The molecule has 18 heavy (non-hydrogen) atoms. The van der Waals surface area contributed by atoms with Crippen molar-refractivity contribution in [2.75, 3.05) is 33.7 Å². The van der Waals surface area contributed by atoms with Gasteiger partial charge in [0.1, 0.15) is 6.54 Å². The molecule has 0 fully saturated rings. The van der Waals surface area contributed by atoms with Crippen LogP contribution in [0.1, 0.15) is 19.8 Å². The molecule has 0 aliphatic carbocycles. The summed E-state index contributed by atoms with van der Waals surface area (Å²) >= 11 is 0. The Labute approximate surface area is 107 Å². The van der Waals surface area contributed by atoms with Crippen molar-refractivity contribution in [3.8, 4) is 0 Å². The Kier molecular flexibility index (Phi) is 7.50. The lowest BCUT2D eigenvalue weighted by Gasteiger charge is -2.20. The number of rotatable bonds is 7. The maximum atomic E-state index is 11.6. The third-order valence-corrected chi connectivity index (χ3v) is 2.22. The summed E-state index contributed by atoms with van der Waals surface area (Å²) < 4.78 is 0. The molecule has 0 radical (unpaired) electrons. The van der Waals surface area contributed by atoms with Gasteiger partial charge in [-0.05, 0) is 6.42 Å². The first-order valence-electron chi connectivity index (χ1n) is 5.83. The van der Waals surface area contributed by atoms with E-state index in [-0.39, 0.29) is 25.4 Å². The van der Waals surface area contributed by atoms with E-state index in [2.05, 4.69) is 5.32 Å². The molecule has 0 unspecified atom stereocenters. The second-order valence-corrected chi connectivity index (χ2v) is 4.09. The van der Waals surface area contributed by atoms with E-state index in [0.29, 0.717) is 13.0 Å². The number of carbonyl (C=O) groups excluding carboxylic acids is 2. The zero-order chi connectivity index (χ0) is 14.1. The van der Waals surface area contributed by atoms with Gasteiger partial charge in [0.15, 0.2) is 0 Å². The van der Waals surface area contributed by atoms with Gasteiger partial charge in [-0.15, -0.1) is 0 Å². The Hall–Kier alpha value is -1.79. The highest BCUT2D eigenvalue weighted by Crippen LogP contribution is 1.93. The van der Waals surface area contributed by atoms with E-state index >= 15 is 0 Å². The lowest BCUT2D eigenvalue weighted by Crippen LogP contribution is -2.44. The van der Waals surface area contributed by atoms with Crippen LogP contribution in [0.15, 0.2) is 0 Å². The summed E-state index contributed by atoms with van der Waals surface area (Å²) in [4.78, 5) is 36.1. The highest BCUT2D eigenvalue weighted by molar-refractivity contribution is 5.81. The summed E-state index contributed by atoms with van der Waals surface area (Å²) in [7, 11) is 3.27. The van der Waals surface area contributed by atoms with Crippen LogP contribution in [0.5, 0.6) is 0 Å². The van der Waals surface area contributed by atoms with E-state index in [1.165, 1.54) is 9.80 Å². The van der Waals surface area contributed by atoms with Crippen molar-refractivity contribution in [1.29, 1.82) is 0 Å². The molecular weight excluding hydrogens is 238 g/mol. The third-order valence-electron chi connectivity index (χ3n) is 2.22. The van der Waals surface area contributed by atoms with Gasteiger partial charge in [-0.25, -0.2) is 4.79 Å².